The van der Waals surface area contributed by atoms with Gasteiger partial charge in [-0.1, -0.05) is 19.4 Å². The number of aryl methyl sites for hydroxylation is 2. The molecule has 0 unspecified atom stereocenters. The zero-order valence-electron chi connectivity index (χ0n) is 12.3. The number of unbranched alkanes of at least 4 members (excludes halogenated alkanes) is 1. The molecular weight excluding hydrogens is 282 g/mol. The van der Waals surface area contributed by atoms with Crippen molar-refractivity contribution in [2.75, 3.05) is 6.54 Å². The number of nitrogens with zero attached hydrogens (tertiary/aromatic N) is 2. The fourth-order valence-electron chi connectivity index (χ4n) is 1.96. The standard InChI is InChI=1S/C16H21N3OS/c1-2-3-9-18-15(20)11-14-12-21-16(19-14)8-7-13-6-4-5-10-17-13/h4-6,10,12H,2-3,7-9,11H2,1H3,(H,18,20). The largest absolute Gasteiger partial charge is 0.356 e. The van der Waals surface area contributed by atoms with Gasteiger partial charge in [-0.25, -0.2) is 4.98 Å². The Bertz CT molecular complexity index is 554. The van der Waals surface area contributed by atoms with Crippen molar-refractivity contribution in [3.8, 4) is 0 Å². The van der Waals surface area contributed by atoms with Gasteiger partial charge >= 0.3 is 0 Å². The number of hydrogen-bond donors (Lipinski definition) is 1. The number of carbonyl (C=O) groups is 1. The molecule has 0 aliphatic rings. The van der Waals surface area contributed by atoms with Gasteiger partial charge in [0.2, 0.25) is 5.91 Å². The molecule has 0 aromatic carbocycles. The molecule has 2 rings (SSSR count). The van der Waals surface area contributed by atoms with Gasteiger partial charge in [-0.3, -0.25) is 9.78 Å². The van der Waals surface area contributed by atoms with Crippen LogP contribution in [-0.2, 0) is 24.1 Å². The van der Waals surface area contributed by atoms with Crippen molar-refractivity contribution in [3.63, 3.8) is 0 Å². The first-order chi connectivity index (χ1) is 10.3. The molecule has 0 aliphatic carbocycles. The molecule has 1 N–H and O–H groups in total. The number of pyridine rings is 1. The topological polar surface area (TPSA) is 54.9 Å². The molecule has 5 heteroatoms. The van der Waals surface area contributed by atoms with Gasteiger partial charge in [0, 0.05) is 30.2 Å². The Morgan fingerprint density at radius 1 is 1.29 bits per heavy atom. The lowest BCUT2D eigenvalue weighted by Gasteiger charge is -2.02. The lowest BCUT2D eigenvalue weighted by atomic mass is 10.2. The zero-order chi connectivity index (χ0) is 14.9. The number of carbonyl (C=O) groups excluding carboxylic acids is 1. The van der Waals surface area contributed by atoms with E-state index in [1.54, 1.807) is 11.3 Å². The summed E-state index contributed by atoms with van der Waals surface area (Å²) < 4.78 is 0. The summed E-state index contributed by atoms with van der Waals surface area (Å²) in [5.74, 6) is 0.0602. The minimum Gasteiger partial charge on any atom is -0.356 e. The van der Waals surface area contributed by atoms with Crippen molar-refractivity contribution in [3.05, 3.63) is 46.2 Å². The van der Waals surface area contributed by atoms with E-state index in [2.05, 4.69) is 22.2 Å². The smallest absolute Gasteiger partial charge is 0.226 e. The normalized spacial score (nSPS) is 10.5. The van der Waals surface area contributed by atoms with Crippen LogP contribution in [-0.4, -0.2) is 22.4 Å². The number of aromatic nitrogens is 2. The van der Waals surface area contributed by atoms with E-state index in [-0.39, 0.29) is 5.91 Å². The first-order valence-electron chi connectivity index (χ1n) is 7.38. The van der Waals surface area contributed by atoms with Crippen LogP contribution in [0.25, 0.3) is 0 Å². The summed E-state index contributed by atoms with van der Waals surface area (Å²) in [7, 11) is 0. The maximum absolute atomic E-state index is 11.7. The van der Waals surface area contributed by atoms with E-state index in [0.717, 1.165) is 48.6 Å². The summed E-state index contributed by atoms with van der Waals surface area (Å²) in [4.78, 5) is 20.5. The van der Waals surface area contributed by atoms with E-state index >= 15 is 0 Å². The van der Waals surface area contributed by atoms with E-state index in [4.69, 9.17) is 0 Å². The molecule has 0 fully saturated rings. The third-order valence-corrected chi connectivity index (χ3v) is 4.07. The Morgan fingerprint density at radius 3 is 2.95 bits per heavy atom. The third-order valence-electron chi connectivity index (χ3n) is 3.11. The van der Waals surface area contributed by atoms with Crippen LogP contribution in [0.2, 0.25) is 0 Å². The molecular formula is C16H21N3OS. The molecule has 0 spiro atoms. The van der Waals surface area contributed by atoms with Crippen molar-refractivity contribution >= 4 is 17.2 Å². The van der Waals surface area contributed by atoms with E-state index in [1.165, 1.54) is 0 Å². The molecule has 1 amide bonds. The molecule has 0 saturated carbocycles. The van der Waals surface area contributed by atoms with E-state index in [1.807, 2.05) is 29.8 Å². The number of rotatable bonds is 8. The van der Waals surface area contributed by atoms with Gasteiger partial charge in [0.25, 0.3) is 0 Å². The number of hydrogen-bond acceptors (Lipinski definition) is 4. The Kier molecular flexibility index (Phi) is 6.34. The Balaban J connectivity index is 1.77. The Morgan fingerprint density at radius 2 is 2.19 bits per heavy atom. The second-order valence-corrected chi connectivity index (χ2v) is 5.88. The quantitative estimate of drug-likeness (QED) is 0.763. The highest BCUT2D eigenvalue weighted by atomic mass is 32.1. The highest BCUT2D eigenvalue weighted by Gasteiger charge is 2.07. The predicted molar refractivity (Wildman–Crippen MR) is 85.4 cm³/mol. The Hall–Kier alpha value is -1.75. The summed E-state index contributed by atoms with van der Waals surface area (Å²) in [6.07, 6.45) is 6.06. The summed E-state index contributed by atoms with van der Waals surface area (Å²) >= 11 is 1.62. The van der Waals surface area contributed by atoms with Gasteiger partial charge < -0.3 is 5.32 Å². The Labute approximate surface area is 129 Å². The van der Waals surface area contributed by atoms with E-state index in [9.17, 15) is 4.79 Å². The van der Waals surface area contributed by atoms with Gasteiger partial charge in [0.1, 0.15) is 0 Å². The highest BCUT2D eigenvalue weighted by Crippen LogP contribution is 2.13. The molecule has 0 atom stereocenters. The molecule has 2 heterocycles. The molecule has 0 aliphatic heterocycles. The predicted octanol–water partition coefficient (Wildman–Crippen LogP) is 2.78. The maximum Gasteiger partial charge on any atom is 0.226 e. The monoisotopic (exact) mass is 303 g/mol. The van der Waals surface area contributed by atoms with Crippen molar-refractivity contribution in [1.29, 1.82) is 0 Å². The van der Waals surface area contributed by atoms with Gasteiger partial charge in [0.05, 0.1) is 17.1 Å². The minimum atomic E-state index is 0.0602. The second kappa shape index (κ2) is 8.52. The van der Waals surface area contributed by atoms with E-state index in [0.29, 0.717) is 6.42 Å². The van der Waals surface area contributed by atoms with Crippen molar-refractivity contribution in [1.82, 2.24) is 15.3 Å². The fraction of sp³-hybridized carbons (Fsp3) is 0.438. The highest BCUT2D eigenvalue weighted by molar-refractivity contribution is 7.09. The second-order valence-electron chi connectivity index (χ2n) is 4.93. The third kappa shape index (κ3) is 5.63. The number of amides is 1. The lowest BCUT2D eigenvalue weighted by Crippen LogP contribution is -2.26. The van der Waals surface area contributed by atoms with Crippen molar-refractivity contribution < 1.29 is 4.79 Å². The minimum absolute atomic E-state index is 0.0602. The molecule has 0 bridgehead atoms. The summed E-state index contributed by atoms with van der Waals surface area (Å²) in [6.45, 7) is 2.87. The van der Waals surface area contributed by atoms with E-state index < -0.39 is 0 Å². The van der Waals surface area contributed by atoms with Gasteiger partial charge in [0.15, 0.2) is 0 Å². The van der Waals surface area contributed by atoms with Crippen LogP contribution in [0.4, 0.5) is 0 Å². The van der Waals surface area contributed by atoms with Crippen LogP contribution in [0, 0.1) is 0 Å². The molecule has 112 valence electrons. The van der Waals surface area contributed by atoms with Gasteiger partial charge in [-0.05, 0) is 25.0 Å². The number of thiazole rings is 1. The van der Waals surface area contributed by atoms with Gasteiger partial charge in [-0.2, -0.15) is 0 Å². The zero-order valence-corrected chi connectivity index (χ0v) is 13.2. The first kappa shape index (κ1) is 15.6. The van der Waals surface area contributed by atoms with Crippen LogP contribution in [0.3, 0.4) is 0 Å². The SMILES string of the molecule is CCCCNC(=O)Cc1csc(CCc2ccccn2)n1. The summed E-state index contributed by atoms with van der Waals surface area (Å²) in [6, 6.07) is 5.94. The lowest BCUT2D eigenvalue weighted by molar-refractivity contribution is -0.120. The average molecular weight is 303 g/mol. The number of nitrogens with one attached hydrogen (secondary N) is 1. The van der Waals surface area contributed by atoms with Crippen LogP contribution in [0.1, 0.15) is 36.2 Å². The summed E-state index contributed by atoms with van der Waals surface area (Å²) in [5, 5.41) is 5.96. The van der Waals surface area contributed by atoms with Crippen LogP contribution >= 0.6 is 11.3 Å². The van der Waals surface area contributed by atoms with Crippen LogP contribution in [0.5, 0.6) is 0 Å². The van der Waals surface area contributed by atoms with Crippen LogP contribution < -0.4 is 5.32 Å². The summed E-state index contributed by atoms with van der Waals surface area (Å²) in [5.41, 5.74) is 1.94. The van der Waals surface area contributed by atoms with Gasteiger partial charge in [-0.15, -0.1) is 11.3 Å². The molecule has 0 saturated heterocycles. The maximum atomic E-state index is 11.7. The average Bonchev–Trinajstić information content (AvgIpc) is 2.94. The molecule has 0 radical (unpaired) electrons. The van der Waals surface area contributed by atoms with Crippen molar-refractivity contribution in [2.45, 2.75) is 39.0 Å². The molecule has 4 nitrogen and oxygen atoms in total. The van der Waals surface area contributed by atoms with Crippen LogP contribution in [0.15, 0.2) is 29.8 Å². The molecule has 21 heavy (non-hydrogen) atoms. The molecule has 2 aromatic heterocycles. The first-order valence-corrected chi connectivity index (χ1v) is 8.25. The molecule has 2 aromatic rings. The van der Waals surface area contributed by atoms with Crippen molar-refractivity contribution in [2.24, 2.45) is 0 Å². The fourth-order valence-corrected chi connectivity index (χ4v) is 2.76.